The fourth-order valence-corrected chi connectivity index (χ4v) is 4.22. The number of esters is 1. The van der Waals surface area contributed by atoms with Gasteiger partial charge in [0, 0.05) is 12.1 Å². The molecule has 0 aromatic heterocycles. The number of alkyl halides is 3. The zero-order valence-electron chi connectivity index (χ0n) is 21.5. The number of nitro groups is 1. The molecule has 4 aromatic rings. The second kappa shape index (κ2) is 11.9. The molecule has 2 N–H and O–H groups in total. The van der Waals surface area contributed by atoms with Crippen molar-refractivity contribution in [2.24, 2.45) is 0 Å². The summed E-state index contributed by atoms with van der Waals surface area (Å²) >= 11 is 0. The molecule has 0 saturated heterocycles. The van der Waals surface area contributed by atoms with Crippen LogP contribution in [-0.4, -0.2) is 29.0 Å². The normalized spacial score (nSPS) is 11.9. The van der Waals surface area contributed by atoms with Crippen LogP contribution in [0.3, 0.4) is 0 Å². The minimum Gasteiger partial charge on any atom is -0.507 e. The number of aromatic hydroxyl groups is 1. The third kappa shape index (κ3) is 6.88. The molecule has 0 aliphatic rings. The largest absolute Gasteiger partial charge is 0.507 e. The van der Waals surface area contributed by atoms with Gasteiger partial charge in [0.25, 0.3) is 11.6 Å². The molecule has 210 valence electrons. The molecular formula is C30H23F3N2O6. The number of nitro benzene ring substituents is 1. The minimum atomic E-state index is -4.56. The van der Waals surface area contributed by atoms with Crippen LogP contribution in [0.2, 0.25) is 0 Å². The molecule has 41 heavy (non-hydrogen) atoms. The van der Waals surface area contributed by atoms with E-state index in [0.29, 0.717) is 16.7 Å². The molecule has 4 rings (SSSR count). The predicted octanol–water partition coefficient (Wildman–Crippen LogP) is 6.69. The van der Waals surface area contributed by atoms with Gasteiger partial charge in [-0.05, 0) is 52.1 Å². The summed E-state index contributed by atoms with van der Waals surface area (Å²) < 4.78 is 44.3. The van der Waals surface area contributed by atoms with Crippen molar-refractivity contribution in [3.8, 4) is 28.0 Å². The summed E-state index contributed by atoms with van der Waals surface area (Å²) in [5.74, 6) is -1.80. The van der Waals surface area contributed by atoms with Crippen molar-refractivity contribution in [3.05, 3.63) is 118 Å². The van der Waals surface area contributed by atoms with Gasteiger partial charge in [-0.1, -0.05) is 54.6 Å². The van der Waals surface area contributed by atoms with Crippen LogP contribution in [-0.2, 0) is 15.7 Å². The number of hydrogen-bond donors (Lipinski definition) is 2. The lowest BCUT2D eigenvalue weighted by Gasteiger charge is -2.19. The summed E-state index contributed by atoms with van der Waals surface area (Å²) in [6, 6.07) is 20.2. The van der Waals surface area contributed by atoms with E-state index in [1.165, 1.54) is 49.6 Å². The van der Waals surface area contributed by atoms with E-state index in [4.69, 9.17) is 4.74 Å². The van der Waals surface area contributed by atoms with E-state index in [2.05, 4.69) is 5.32 Å². The topological polar surface area (TPSA) is 119 Å². The number of non-ortho nitro benzene ring substituents is 1. The van der Waals surface area contributed by atoms with Crippen molar-refractivity contribution in [1.29, 1.82) is 0 Å². The summed E-state index contributed by atoms with van der Waals surface area (Å²) in [5, 5.41) is 24.2. The molecule has 11 heteroatoms. The summed E-state index contributed by atoms with van der Waals surface area (Å²) in [6.45, 7) is 0. The highest BCUT2D eigenvalue weighted by molar-refractivity contribution is 5.98. The van der Waals surface area contributed by atoms with Crippen LogP contribution in [0.1, 0.15) is 33.9 Å². The first kappa shape index (κ1) is 28.8. The third-order valence-corrected chi connectivity index (χ3v) is 6.37. The number of rotatable bonds is 8. The Hall–Kier alpha value is -5.19. The van der Waals surface area contributed by atoms with Crippen LogP contribution in [0.25, 0.3) is 22.3 Å². The number of halogens is 3. The van der Waals surface area contributed by atoms with Gasteiger partial charge in [0.15, 0.2) is 0 Å². The van der Waals surface area contributed by atoms with Crippen LogP contribution < -0.4 is 5.32 Å². The van der Waals surface area contributed by atoms with Gasteiger partial charge < -0.3 is 15.2 Å². The maximum atomic E-state index is 13.3. The van der Waals surface area contributed by atoms with E-state index in [1.54, 1.807) is 36.4 Å². The summed E-state index contributed by atoms with van der Waals surface area (Å²) in [4.78, 5) is 36.0. The minimum absolute atomic E-state index is 0.0745. The van der Waals surface area contributed by atoms with Gasteiger partial charge in [-0.2, -0.15) is 13.2 Å². The van der Waals surface area contributed by atoms with E-state index in [1.807, 2.05) is 0 Å². The first-order chi connectivity index (χ1) is 19.5. The van der Waals surface area contributed by atoms with Gasteiger partial charge in [-0.3, -0.25) is 19.7 Å². The predicted molar refractivity (Wildman–Crippen MR) is 144 cm³/mol. The zero-order valence-corrected chi connectivity index (χ0v) is 21.5. The maximum absolute atomic E-state index is 13.3. The highest BCUT2D eigenvalue weighted by Crippen LogP contribution is 2.34. The van der Waals surface area contributed by atoms with Gasteiger partial charge in [0.05, 0.1) is 35.6 Å². The number of nitrogens with one attached hydrogen (secondary N) is 1. The fourth-order valence-electron chi connectivity index (χ4n) is 4.22. The van der Waals surface area contributed by atoms with Crippen LogP contribution in [0, 0.1) is 10.1 Å². The van der Waals surface area contributed by atoms with Gasteiger partial charge in [0.2, 0.25) is 0 Å². The number of benzene rings is 4. The van der Waals surface area contributed by atoms with Crippen molar-refractivity contribution in [2.75, 3.05) is 7.11 Å². The third-order valence-electron chi connectivity index (χ3n) is 6.37. The Bertz CT molecular complexity index is 1600. The SMILES string of the molecule is COC(=O)CC(NC(=O)c1cc(-c2cccc(C(F)(F)F)c2)ccc1O)c1ccc(-c2cccc([N+](=O)[O-])c2)cc1. The zero-order chi connectivity index (χ0) is 29.7. The molecule has 0 heterocycles. The number of hydrogen-bond acceptors (Lipinski definition) is 6. The molecule has 0 spiro atoms. The van der Waals surface area contributed by atoms with Crippen LogP contribution in [0.4, 0.5) is 18.9 Å². The number of nitrogens with zero attached hydrogens (tertiary/aromatic N) is 1. The Morgan fingerprint density at radius 1 is 0.902 bits per heavy atom. The van der Waals surface area contributed by atoms with Gasteiger partial charge in [-0.15, -0.1) is 0 Å². The number of amides is 1. The second-order valence-electron chi connectivity index (χ2n) is 9.05. The fraction of sp³-hybridized carbons (Fsp3) is 0.133. The Morgan fingerprint density at radius 2 is 1.51 bits per heavy atom. The highest BCUT2D eigenvalue weighted by Gasteiger charge is 2.30. The monoisotopic (exact) mass is 564 g/mol. The molecule has 1 atom stereocenters. The highest BCUT2D eigenvalue weighted by atomic mass is 19.4. The number of methoxy groups -OCH3 is 1. The van der Waals surface area contributed by atoms with Crippen molar-refractivity contribution >= 4 is 17.6 Å². The molecule has 1 amide bonds. The first-order valence-electron chi connectivity index (χ1n) is 12.2. The smallest absolute Gasteiger partial charge is 0.416 e. The summed E-state index contributed by atoms with van der Waals surface area (Å²) in [5.41, 5.74) is 1.08. The van der Waals surface area contributed by atoms with Gasteiger partial charge >= 0.3 is 12.1 Å². The van der Waals surface area contributed by atoms with Crippen molar-refractivity contribution in [1.82, 2.24) is 5.32 Å². The van der Waals surface area contributed by atoms with Gasteiger partial charge in [0.1, 0.15) is 5.75 Å². The molecule has 1 unspecified atom stereocenters. The molecule has 0 radical (unpaired) electrons. The number of phenols is 1. The van der Waals surface area contributed by atoms with Crippen molar-refractivity contribution in [2.45, 2.75) is 18.6 Å². The Morgan fingerprint density at radius 3 is 2.15 bits per heavy atom. The maximum Gasteiger partial charge on any atom is 0.416 e. The molecule has 0 aliphatic heterocycles. The average molecular weight is 565 g/mol. The molecule has 8 nitrogen and oxygen atoms in total. The Labute approximate surface area is 232 Å². The van der Waals surface area contributed by atoms with E-state index < -0.39 is 40.3 Å². The molecule has 4 aromatic carbocycles. The standard InChI is InChI=1S/C30H23F3N2O6/c1-41-28(37)17-26(19-10-8-18(9-11-19)21-5-3-7-24(15-21)35(39)40)34-29(38)25-16-22(12-13-27(25)36)20-4-2-6-23(14-20)30(31,32)33/h2-16,26,36H,17H2,1H3,(H,34,38). The lowest BCUT2D eigenvalue weighted by Crippen LogP contribution is -2.30. The quantitative estimate of drug-likeness (QED) is 0.140. The second-order valence-corrected chi connectivity index (χ2v) is 9.05. The van der Waals surface area contributed by atoms with E-state index in [0.717, 1.165) is 12.1 Å². The molecule has 0 aliphatic carbocycles. The van der Waals surface area contributed by atoms with Crippen molar-refractivity contribution in [3.63, 3.8) is 0 Å². The Kier molecular flexibility index (Phi) is 8.37. The lowest BCUT2D eigenvalue weighted by molar-refractivity contribution is -0.384. The van der Waals surface area contributed by atoms with Gasteiger partial charge in [-0.25, -0.2) is 0 Å². The molecule has 0 fully saturated rings. The number of ether oxygens (including phenoxy) is 1. The molecular weight excluding hydrogens is 541 g/mol. The van der Waals surface area contributed by atoms with E-state index >= 15 is 0 Å². The Balaban J connectivity index is 1.62. The van der Waals surface area contributed by atoms with E-state index in [9.17, 15) is 38.0 Å². The summed E-state index contributed by atoms with van der Waals surface area (Å²) in [6.07, 6.45) is -4.81. The number of phenolic OH excluding ortho intramolecular Hbond substituents is 1. The van der Waals surface area contributed by atoms with Crippen LogP contribution in [0.5, 0.6) is 5.75 Å². The van der Waals surface area contributed by atoms with Crippen LogP contribution in [0.15, 0.2) is 91.0 Å². The number of carbonyl (C=O) groups is 2. The average Bonchev–Trinajstić information content (AvgIpc) is 2.96. The number of carbonyl (C=O) groups excluding carboxylic acids is 2. The molecule has 0 bridgehead atoms. The van der Waals surface area contributed by atoms with Crippen LogP contribution >= 0.6 is 0 Å². The first-order valence-corrected chi connectivity index (χ1v) is 12.2. The van der Waals surface area contributed by atoms with Crippen molar-refractivity contribution < 1.29 is 37.5 Å². The van der Waals surface area contributed by atoms with E-state index in [-0.39, 0.29) is 28.8 Å². The lowest BCUT2D eigenvalue weighted by atomic mass is 9.97. The summed E-state index contributed by atoms with van der Waals surface area (Å²) in [7, 11) is 1.19. The molecule has 0 saturated carbocycles.